The van der Waals surface area contributed by atoms with Crippen LogP contribution in [0, 0.1) is 0 Å². The van der Waals surface area contributed by atoms with Crippen molar-refractivity contribution in [1.82, 2.24) is 20.3 Å². The molecule has 28 heavy (non-hydrogen) atoms. The van der Waals surface area contributed by atoms with E-state index in [-0.39, 0.29) is 30.7 Å². The second kappa shape index (κ2) is 8.64. The Morgan fingerprint density at radius 3 is 2.50 bits per heavy atom. The number of nitrogens with zero attached hydrogens (tertiary/aromatic N) is 3. The zero-order valence-corrected chi connectivity index (χ0v) is 15.6. The summed E-state index contributed by atoms with van der Waals surface area (Å²) in [6.45, 7) is 2.02. The molecule has 1 aromatic carbocycles. The van der Waals surface area contributed by atoms with E-state index in [1.165, 1.54) is 0 Å². The molecule has 0 unspecified atom stereocenters. The van der Waals surface area contributed by atoms with Crippen molar-refractivity contribution in [3.05, 3.63) is 35.7 Å². The molecule has 0 atom stereocenters. The van der Waals surface area contributed by atoms with Crippen LogP contribution in [0.3, 0.4) is 0 Å². The van der Waals surface area contributed by atoms with Crippen molar-refractivity contribution >= 4 is 23.5 Å². The van der Waals surface area contributed by atoms with Gasteiger partial charge in [0, 0.05) is 18.2 Å². The maximum Gasteiger partial charge on any atom is 0.303 e. The summed E-state index contributed by atoms with van der Waals surface area (Å²) in [5, 5.41) is 22.5. The average Bonchev–Trinajstić information content (AvgIpc) is 3.38. The van der Waals surface area contributed by atoms with Gasteiger partial charge in [-0.15, -0.1) is 5.10 Å². The maximum absolute atomic E-state index is 12.4. The van der Waals surface area contributed by atoms with Gasteiger partial charge in [0.15, 0.2) is 5.69 Å². The van der Waals surface area contributed by atoms with Gasteiger partial charge in [0.25, 0.3) is 5.91 Å². The largest absolute Gasteiger partial charge is 0.481 e. The van der Waals surface area contributed by atoms with E-state index in [0.717, 1.165) is 30.6 Å². The van der Waals surface area contributed by atoms with E-state index in [1.807, 2.05) is 6.92 Å². The fourth-order valence-electron chi connectivity index (χ4n) is 2.76. The number of anilines is 1. The Labute approximate surface area is 162 Å². The van der Waals surface area contributed by atoms with Crippen LogP contribution in [-0.2, 0) is 16.0 Å². The lowest BCUT2D eigenvalue weighted by molar-refractivity contribution is -0.138. The standard InChI is InChI=1S/C19H23N5O4/c1-2-3-15-18(19(28)21-13-4-5-13)22-23-24(15)14-8-6-12(7-9-14)20-16(25)10-11-17(26)27/h6-9,13H,2-5,10-11H2,1H3,(H,20,25)(H,21,28)(H,26,27). The predicted molar refractivity (Wildman–Crippen MR) is 101 cm³/mol. The molecular formula is C19H23N5O4. The zero-order chi connectivity index (χ0) is 20.1. The first-order valence-electron chi connectivity index (χ1n) is 9.35. The first-order valence-corrected chi connectivity index (χ1v) is 9.35. The highest BCUT2D eigenvalue weighted by atomic mass is 16.4. The van der Waals surface area contributed by atoms with E-state index >= 15 is 0 Å². The van der Waals surface area contributed by atoms with Crippen LogP contribution in [0.5, 0.6) is 0 Å². The molecule has 0 aliphatic heterocycles. The highest BCUT2D eigenvalue weighted by Gasteiger charge is 2.27. The highest BCUT2D eigenvalue weighted by Crippen LogP contribution is 2.21. The van der Waals surface area contributed by atoms with E-state index in [9.17, 15) is 14.4 Å². The van der Waals surface area contributed by atoms with Gasteiger partial charge in [-0.25, -0.2) is 4.68 Å². The molecule has 1 aliphatic carbocycles. The van der Waals surface area contributed by atoms with Gasteiger partial charge in [-0.3, -0.25) is 14.4 Å². The maximum atomic E-state index is 12.4. The third-order valence-electron chi connectivity index (χ3n) is 4.34. The van der Waals surface area contributed by atoms with E-state index in [1.54, 1.807) is 28.9 Å². The smallest absolute Gasteiger partial charge is 0.303 e. The molecule has 9 heteroatoms. The quantitative estimate of drug-likeness (QED) is 0.605. The molecular weight excluding hydrogens is 362 g/mol. The lowest BCUT2D eigenvalue weighted by Crippen LogP contribution is -2.27. The minimum Gasteiger partial charge on any atom is -0.481 e. The lowest BCUT2D eigenvalue weighted by atomic mass is 10.2. The number of carboxylic acids is 1. The van der Waals surface area contributed by atoms with Gasteiger partial charge < -0.3 is 15.7 Å². The fraction of sp³-hybridized carbons (Fsp3) is 0.421. The molecule has 0 spiro atoms. The van der Waals surface area contributed by atoms with Crippen molar-refractivity contribution in [2.24, 2.45) is 0 Å². The second-order valence-corrected chi connectivity index (χ2v) is 6.78. The molecule has 3 N–H and O–H groups in total. The number of nitrogens with one attached hydrogen (secondary N) is 2. The molecule has 0 radical (unpaired) electrons. The summed E-state index contributed by atoms with van der Waals surface area (Å²) in [4.78, 5) is 34.7. The Morgan fingerprint density at radius 2 is 1.89 bits per heavy atom. The third kappa shape index (κ3) is 4.93. The van der Waals surface area contributed by atoms with Crippen LogP contribution in [0.15, 0.2) is 24.3 Å². The number of aliphatic carboxylic acids is 1. The van der Waals surface area contributed by atoms with E-state index in [4.69, 9.17) is 5.11 Å². The Hall–Kier alpha value is -3.23. The van der Waals surface area contributed by atoms with Crippen molar-refractivity contribution in [1.29, 1.82) is 0 Å². The normalized spacial score (nSPS) is 13.2. The van der Waals surface area contributed by atoms with Crippen molar-refractivity contribution in [3.8, 4) is 5.69 Å². The minimum atomic E-state index is -1.01. The Balaban J connectivity index is 1.73. The minimum absolute atomic E-state index is 0.0831. The summed E-state index contributed by atoms with van der Waals surface area (Å²) >= 11 is 0. The number of benzene rings is 1. The first kappa shape index (κ1) is 19.5. The molecule has 148 valence electrons. The van der Waals surface area contributed by atoms with Crippen molar-refractivity contribution in [2.75, 3.05) is 5.32 Å². The molecule has 0 bridgehead atoms. The van der Waals surface area contributed by atoms with Crippen molar-refractivity contribution in [2.45, 2.75) is 51.5 Å². The zero-order valence-electron chi connectivity index (χ0n) is 15.6. The van der Waals surface area contributed by atoms with Crippen LogP contribution in [0.25, 0.3) is 5.69 Å². The molecule has 3 rings (SSSR count). The molecule has 9 nitrogen and oxygen atoms in total. The fourth-order valence-corrected chi connectivity index (χ4v) is 2.76. The van der Waals surface area contributed by atoms with Gasteiger partial charge >= 0.3 is 5.97 Å². The molecule has 1 saturated carbocycles. The van der Waals surface area contributed by atoms with E-state index in [0.29, 0.717) is 17.8 Å². The Kier molecular flexibility index (Phi) is 6.03. The van der Waals surface area contributed by atoms with Crippen molar-refractivity contribution < 1.29 is 19.5 Å². The van der Waals surface area contributed by atoms with Gasteiger partial charge in [0.1, 0.15) is 0 Å². The second-order valence-electron chi connectivity index (χ2n) is 6.78. The van der Waals surface area contributed by atoms with Crippen molar-refractivity contribution in [3.63, 3.8) is 0 Å². The number of rotatable bonds is 9. The number of carboxylic acid groups (broad SMARTS) is 1. The number of hydrogen-bond donors (Lipinski definition) is 3. The summed E-state index contributed by atoms with van der Waals surface area (Å²) in [6.07, 6.45) is 3.21. The number of carbonyl (C=O) groups excluding carboxylic acids is 2. The SMILES string of the molecule is CCCc1c(C(=O)NC2CC2)nnn1-c1ccc(NC(=O)CCC(=O)O)cc1. The number of amides is 2. The summed E-state index contributed by atoms with van der Waals surface area (Å²) < 4.78 is 1.64. The molecule has 1 aliphatic rings. The van der Waals surface area contributed by atoms with Crippen LogP contribution in [-0.4, -0.2) is 43.9 Å². The van der Waals surface area contributed by atoms with Crippen LogP contribution in [0.2, 0.25) is 0 Å². The summed E-state index contributed by atoms with van der Waals surface area (Å²) in [5.74, 6) is -1.57. The molecule has 1 aromatic heterocycles. The Morgan fingerprint density at radius 1 is 1.18 bits per heavy atom. The number of hydrogen-bond acceptors (Lipinski definition) is 5. The Bertz CT molecular complexity index is 871. The number of aromatic nitrogens is 3. The van der Waals surface area contributed by atoms with Gasteiger partial charge in [-0.2, -0.15) is 0 Å². The van der Waals surface area contributed by atoms with Gasteiger partial charge in [0.2, 0.25) is 5.91 Å². The predicted octanol–water partition coefficient (Wildman–Crippen LogP) is 1.92. The molecule has 1 heterocycles. The number of carbonyl (C=O) groups is 3. The molecule has 0 saturated heterocycles. The first-order chi connectivity index (χ1) is 13.5. The van der Waals surface area contributed by atoms with Gasteiger partial charge in [0.05, 0.1) is 17.8 Å². The molecule has 1 fully saturated rings. The van der Waals surface area contributed by atoms with Gasteiger partial charge in [-0.1, -0.05) is 18.6 Å². The lowest BCUT2D eigenvalue weighted by Gasteiger charge is -2.09. The summed E-state index contributed by atoms with van der Waals surface area (Å²) in [7, 11) is 0. The van der Waals surface area contributed by atoms with E-state index < -0.39 is 5.97 Å². The third-order valence-corrected chi connectivity index (χ3v) is 4.34. The average molecular weight is 385 g/mol. The van der Waals surface area contributed by atoms with E-state index in [2.05, 4.69) is 20.9 Å². The summed E-state index contributed by atoms with van der Waals surface area (Å²) in [6, 6.07) is 7.19. The van der Waals surface area contributed by atoms with Crippen LogP contribution < -0.4 is 10.6 Å². The molecule has 2 aromatic rings. The highest BCUT2D eigenvalue weighted by molar-refractivity contribution is 5.94. The topological polar surface area (TPSA) is 126 Å². The summed E-state index contributed by atoms with van der Waals surface area (Å²) in [5.41, 5.74) is 2.38. The van der Waals surface area contributed by atoms with Crippen LogP contribution in [0.4, 0.5) is 5.69 Å². The monoisotopic (exact) mass is 385 g/mol. The van der Waals surface area contributed by atoms with Crippen LogP contribution in [0.1, 0.15) is 55.2 Å². The molecule has 2 amide bonds. The van der Waals surface area contributed by atoms with Gasteiger partial charge in [-0.05, 0) is 43.5 Å². The van der Waals surface area contributed by atoms with Crippen LogP contribution >= 0.6 is 0 Å².